The van der Waals surface area contributed by atoms with E-state index in [2.05, 4.69) is 24.3 Å². The Labute approximate surface area is 153 Å². The Hall–Kier alpha value is -2.36. The van der Waals surface area contributed by atoms with Gasteiger partial charge in [0.05, 0.1) is 0 Å². The molecule has 1 heterocycles. The Morgan fingerprint density at radius 3 is 2.54 bits per heavy atom. The van der Waals surface area contributed by atoms with Crippen molar-refractivity contribution >= 4 is 5.91 Å². The Morgan fingerprint density at radius 2 is 1.77 bits per heavy atom. The van der Waals surface area contributed by atoms with E-state index in [0.29, 0.717) is 18.1 Å². The molecule has 2 aromatic rings. The lowest BCUT2D eigenvalue weighted by atomic mass is 9.96. The third-order valence-electron chi connectivity index (χ3n) is 5.59. The van der Waals surface area contributed by atoms with E-state index in [1.165, 1.54) is 23.3 Å². The number of fused-ring (bicyclic) bond motifs is 1. The zero-order chi connectivity index (χ0) is 17.9. The fourth-order valence-corrected chi connectivity index (χ4v) is 4.13. The number of nitrogens with zero attached hydrogens (tertiary/aromatic N) is 1. The fourth-order valence-electron chi connectivity index (χ4n) is 4.13. The summed E-state index contributed by atoms with van der Waals surface area (Å²) >= 11 is 0. The molecule has 26 heavy (non-hydrogen) atoms. The van der Waals surface area contributed by atoms with E-state index in [4.69, 9.17) is 4.74 Å². The van der Waals surface area contributed by atoms with Crippen LogP contribution >= 0.6 is 0 Å². The smallest absolute Gasteiger partial charge is 0.223 e. The second-order valence-electron chi connectivity index (χ2n) is 7.29. The highest BCUT2D eigenvalue weighted by Gasteiger charge is 2.29. The number of carbonyl (C=O) groups is 1. The number of likely N-dealkylation sites (tertiary alicyclic amines) is 1. The van der Waals surface area contributed by atoms with E-state index in [9.17, 15) is 9.18 Å². The van der Waals surface area contributed by atoms with Crippen molar-refractivity contribution in [2.75, 3.05) is 13.1 Å². The molecule has 1 aliphatic heterocycles. The summed E-state index contributed by atoms with van der Waals surface area (Å²) in [5, 5.41) is 0. The number of hydrogen-bond acceptors (Lipinski definition) is 2. The van der Waals surface area contributed by atoms with Gasteiger partial charge >= 0.3 is 0 Å². The van der Waals surface area contributed by atoms with Crippen LogP contribution in [0.1, 0.15) is 42.7 Å². The first-order valence-electron chi connectivity index (χ1n) is 9.47. The van der Waals surface area contributed by atoms with Crippen LogP contribution < -0.4 is 4.74 Å². The molecule has 0 saturated carbocycles. The summed E-state index contributed by atoms with van der Waals surface area (Å²) in [7, 11) is 0. The summed E-state index contributed by atoms with van der Waals surface area (Å²) in [6, 6.07) is 14.6. The predicted octanol–water partition coefficient (Wildman–Crippen LogP) is 4.32. The molecule has 2 aliphatic rings. The number of halogens is 1. The fraction of sp³-hybridized carbons (Fsp3) is 0.409. The van der Waals surface area contributed by atoms with Crippen molar-refractivity contribution < 1.29 is 13.9 Å². The van der Waals surface area contributed by atoms with E-state index in [0.717, 1.165) is 38.8 Å². The predicted molar refractivity (Wildman–Crippen MR) is 98.8 cm³/mol. The molecule has 4 rings (SSSR count). The van der Waals surface area contributed by atoms with Crippen molar-refractivity contribution in [1.29, 1.82) is 0 Å². The SMILES string of the molecule is O=C(CC1CCc2ccccc21)N1CCC(Oc2ccc(F)cc2)CC1. The molecule has 0 bridgehead atoms. The molecule has 1 fully saturated rings. The van der Waals surface area contributed by atoms with Gasteiger partial charge in [-0.15, -0.1) is 0 Å². The molecule has 4 heteroatoms. The molecule has 1 aliphatic carbocycles. The van der Waals surface area contributed by atoms with Crippen molar-refractivity contribution in [3.05, 3.63) is 65.5 Å². The van der Waals surface area contributed by atoms with E-state index >= 15 is 0 Å². The molecule has 0 N–H and O–H groups in total. The van der Waals surface area contributed by atoms with Crippen LogP contribution in [0.25, 0.3) is 0 Å². The molecule has 1 unspecified atom stereocenters. The summed E-state index contributed by atoms with van der Waals surface area (Å²) in [5.41, 5.74) is 2.76. The Bertz CT molecular complexity index is 766. The van der Waals surface area contributed by atoms with Crippen LogP contribution in [0.15, 0.2) is 48.5 Å². The average Bonchev–Trinajstić information content (AvgIpc) is 3.07. The van der Waals surface area contributed by atoms with Crippen molar-refractivity contribution in [2.24, 2.45) is 0 Å². The molecule has 2 aromatic carbocycles. The van der Waals surface area contributed by atoms with E-state index in [-0.39, 0.29) is 17.8 Å². The minimum Gasteiger partial charge on any atom is -0.490 e. The first kappa shape index (κ1) is 17.1. The van der Waals surface area contributed by atoms with Gasteiger partial charge in [0.2, 0.25) is 5.91 Å². The number of rotatable bonds is 4. The molecule has 0 radical (unpaired) electrons. The lowest BCUT2D eigenvalue weighted by Crippen LogP contribution is -2.42. The lowest BCUT2D eigenvalue weighted by Gasteiger charge is -2.33. The summed E-state index contributed by atoms with van der Waals surface area (Å²) < 4.78 is 18.9. The monoisotopic (exact) mass is 353 g/mol. The van der Waals surface area contributed by atoms with Gasteiger partial charge in [-0.1, -0.05) is 24.3 Å². The van der Waals surface area contributed by atoms with E-state index < -0.39 is 0 Å². The van der Waals surface area contributed by atoms with Gasteiger partial charge < -0.3 is 9.64 Å². The van der Waals surface area contributed by atoms with Crippen LogP contribution in [0.2, 0.25) is 0 Å². The maximum absolute atomic E-state index is 13.0. The van der Waals surface area contributed by atoms with Crippen LogP contribution in [0.4, 0.5) is 4.39 Å². The van der Waals surface area contributed by atoms with Gasteiger partial charge in [0.15, 0.2) is 0 Å². The number of aryl methyl sites for hydroxylation is 1. The number of hydrogen-bond donors (Lipinski definition) is 0. The summed E-state index contributed by atoms with van der Waals surface area (Å²) in [5.74, 6) is 1.06. The molecular formula is C22H24FNO2. The van der Waals surface area contributed by atoms with Gasteiger partial charge in [-0.2, -0.15) is 0 Å². The largest absolute Gasteiger partial charge is 0.490 e. The van der Waals surface area contributed by atoms with Crippen LogP contribution in [0, 0.1) is 5.82 Å². The highest BCUT2D eigenvalue weighted by atomic mass is 19.1. The molecule has 1 amide bonds. The molecule has 3 nitrogen and oxygen atoms in total. The van der Waals surface area contributed by atoms with Crippen molar-refractivity contribution in [2.45, 2.75) is 44.1 Å². The van der Waals surface area contributed by atoms with Gasteiger partial charge in [-0.05, 0) is 54.2 Å². The summed E-state index contributed by atoms with van der Waals surface area (Å²) in [6.07, 6.45) is 4.52. The van der Waals surface area contributed by atoms with Crippen molar-refractivity contribution in [3.63, 3.8) is 0 Å². The van der Waals surface area contributed by atoms with Gasteiger partial charge in [0.25, 0.3) is 0 Å². The number of carbonyl (C=O) groups excluding carboxylic acids is 1. The molecular weight excluding hydrogens is 329 g/mol. The van der Waals surface area contributed by atoms with Crippen LogP contribution in [-0.4, -0.2) is 30.0 Å². The van der Waals surface area contributed by atoms with Crippen molar-refractivity contribution in [3.8, 4) is 5.75 Å². The van der Waals surface area contributed by atoms with Crippen molar-refractivity contribution in [1.82, 2.24) is 4.90 Å². The third-order valence-corrected chi connectivity index (χ3v) is 5.59. The Balaban J connectivity index is 1.28. The Kier molecular flexibility index (Phi) is 4.91. The lowest BCUT2D eigenvalue weighted by molar-refractivity contribution is -0.133. The minimum atomic E-state index is -0.258. The summed E-state index contributed by atoms with van der Waals surface area (Å²) in [4.78, 5) is 14.7. The molecule has 0 aromatic heterocycles. The van der Waals surface area contributed by atoms with E-state index in [1.54, 1.807) is 12.1 Å². The third kappa shape index (κ3) is 3.74. The van der Waals surface area contributed by atoms with Crippen LogP contribution in [0.5, 0.6) is 5.75 Å². The quantitative estimate of drug-likeness (QED) is 0.819. The molecule has 1 atom stereocenters. The highest BCUT2D eigenvalue weighted by molar-refractivity contribution is 5.77. The first-order valence-corrected chi connectivity index (χ1v) is 9.47. The van der Waals surface area contributed by atoms with Gasteiger partial charge in [-0.3, -0.25) is 4.79 Å². The molecule has 1 saturated heterocycles. The number of benzene rings is 2. The molecule has 0 spiro atoms. The average molecular weight is 353 g/mol. The number of amides is 1. The van der Waals surface area contributed by atoms with Gasteiger partial charge in [0.1, 0.15) is 17.7 Å². The maximum Gasteiger partial charge on any atom is 0.223 e. The van der Waals surface area contributed by atoms with Crippen LogP contribution in [0.3, 0.4) is 0 Å². The standard InChI is InChI=1S/C22H24FNO2/c23-18-7-9-19(10-8-18)26-20-11-13-24(14-12-20)22(25)15-17-6-5-16-3-1-2-4-21(16)17/h1-4,7-10,17,20H,5-6,11-15H2. The second-order valence-corrected chi connectivity index (χ2v) is 7.29. The zero-order valence-corrected chi connectivity index (χ0v) is 14.9. The van der Waals surface area contributed by atoms with E-state index in [1.807, 2.05) is 4.90 Å². The van der Waals surface area contributed by atoms with Gasteiger partial charge in [-0.25, -0.2) is 4.39 Å². The normalized spacial score (nSPS) is 20.0. The second kappa shape index (κ2) is 7.48. The Morgan fingerprint density at radius 1 is 1.04 bits per heavy atom. The number of piperidine rings is 1. The maximum atomic E-state index is 13.0. The topological polar surface area (TPSA) is 29.5 Å². The summed E-state index contributed by atoms with van der Waals surface area (Å²) in [6.45, 7) is 1.47. The zero-order valence-electron chi connectivity index (χ0n) is 14.9. The molecule has 136 valence electrons. The van der Waals surface area contributed by atoms with Crippen LogP contribution in [-0.2, 0) is 11.2 Å². The van der Waals surface area contributed by atoms with Gasteiger partial charge in [0, 0.05) is 32.4 Å². The number of ether oxygens (including phenoxy) is 1. The first-order chi connectivity index (χ1) is 12.7. The highest BCUT2D eigenvalue weighted by Crippen LogP contribution is 2.35. The minimum absolute atomic E-state index is 0.0942.